The lowest BCUT2D eigenvalue weighted by molar-refractivity contribution is 0.0942. The predicted molar refractivity (Wildman–Crippen MR) is 144 cm³/mol. The third kappa shape index (κ3) is 5.83. The molecular formula is C26H29N7OS2. The first-order chi connectivity index (χ1) is 17.7. The molecule has 0 unspecified atom stereocenters. The maximum absolute atomic E-state index is 12.6. The van der Waals surface area contributed by atoms with Crippen LogP contribution in [0, 0.1) is 6.92 Å². The van der Waals surface area contributed by atoms with Gasteiger partial charge in [0.05, 0.1) is 11.4 Å². The quantitative estimate of drug-likeness (QED) is 0.323. The second-order valence-electron chi connectivity index (χ2n) is 8.74. The highest BCUT2D eigenvalue weighted by Crippen LogP contribution is 2.31. The van der Waals surface area contributed by atoms with Crippen molar-refractivity contribution in [1.29, 1.82) is 0 Å². The van der Waals surface area contributed by atoms with Crippen LogP contribution in [0.2, 0.25) is 0 Å². The van der Waals surface area contributed by atoms with Crippen LogP contribution in [0.4, 0.5) is 0 Å². The number of thioether (sulfide) groups is 1. The van der Waals surface area contributed by atoms with E-state index in [4.69, 9.17) is 0 Å². The third-order valence-electron chi connectivity index (χ3n) is 6.18. The van der Waals surface area contributed by atoms with Crippen LogP contribution in [0.15, 0.2) is 59.3 Å². The number of rotatable bonds is 9. The Hall–Kier alpha value is -3.08. The average molecular weight is 520 g/mol. The molecule has 4 heterocycles. The van der Waals surface area contributed by atoms with Gasteiger partial charge >= 0.3 is 0 Å². The molecule has 5 rings (SSSR count). The summed E-state index contributed by atoms with van der Waals surface area (Å²) in [6.45, 7) is 5.88. The summed E-state index contributed by atoms with van der Waals surface area (Å²) in [6.07, 6.45) is 7.36. The summed E-state index contributed by atoms with van der Waals surface area (Å²) in [5.41, 5.74) is 3.53. The lowest BCUT2D eigenvalue weighted by Gasteiger charge is -2.26. The number of amides is 1. The predicted octanol–water partition coefficient (Wildman–Crippen LogP) is 4.60. The Balaban J connectivity index is 1.26. The number of carbonyl (C=O) groups is 1. The number of hydrogen-bond acceptors (Lipinski definition) is 8. The number of piperidine rings is 1. The molecule has 1 aromatic carbocycles. The number of nitrogens with one attached hydrogen (secondary N) is 1. The van der Waals surface area contributed by atoms with Crippen molar-refractivity contribution in [3.8, 4) is 17.1 Å². The Morgan fingerprint density at radius 2 is 1.97 bits per heavy atom. The van der Waals surface area contributed by atoms with Crippen molar-refractivity contribution in [2.45, 2.75) is 37.1 Å². The molecule has 0 radical (unpaired) electrons. The molecule has 1 N–H and O–H groups in total. The summed E-state index contributed by atoms with van der Waals surface area (Å²) in [6, 6.07) is 12.1. The topological polar surface area (TPSA) is 88.8 Å². The fourth-order valence-corrected chi connectivity index (χ4v) is 6.02. The number of hydrogen-bond donors (Lipinski definition) is 1. The van der Waals surface area contributed by atoms with Crippen molar-refractivity contribution in [2.75, 3.05) is 26.2 Å². The summed E-state index contributed by atoms with van der Waals surface area (Å²) in [5.74, 6) is 1.23. The smallest absolute Gasteiger partial charge is 0.270 e. The minimum atomic E-state index is -0.110. The van der Waals surface area contributed by atoms with Gasteiger partial charge in [-0.15, -0.1) is 21.5 Å². The van der Waals surface area contributed by atoms with E-state index < -0.39 is 0 Å². The van der Waals surface area contributed by atoms with Gasteiger partial charge in [0.15, 0.2) is 11.0 Å². The zero-order valence-electron chi connectivity index (χ0n) is 20.3. The van der Waals surface area contributed by atoms with Crippen molar-refractivity contribution in [3.63, 3.8) is 0 Å². The summed E-state index contributed by atoms with van der Waals surface area (Å²) in [7, 11) is 0. The molecule has 3 aromatic heterocycles. The first kappa shape index (κ1) is 24.6. The van der Waals surface area contributed by atoms with Gasteiger partial charge in [0.25, 0.3) is 5.91 Å². The highest BCUT2D eigenvalue weighted by atomic mass is 32.2. The number of likely N-dealkylation sites (tertiary alicyclic amines) is 1. The van der Waals surface area contributed by atoms with E-state index in [0.29, 0.717) is 18.0 Å². The van der Waals surface area contributed by atoms with Crippen molar-refractivity contribution in [1.82, 2.24) is 34.9 Å². The molecular weight excluding hydrogens is 490 g/mol. The molecule has 4 aromatic rings. The monoisotopic (exact) mass is 519 g/mol. The number of thiazole rings is 1. The standard InChI is InChI=1S/C26H29N7OS2/c1-19-8-3-4-10-22(19)33-24(20-9-7-11-27-16-20)30-31-26(33)36-18-23-29-21(17-35-23)25(34)28-12-15-32-13-5-2-6-14-32/h3-4,7-11,16-17H,2,5-6,12-15,18H2,1H3,(H,28,34). The van der Waals surface area contributed by atoms with Crippen LogP contribution < -0.4 is 5.32 Å². The number of aryl methyl sites for hydroxylation is 1. The Morgan fingerprint density at radius 3 is 2.78 bits per heavy atom. The van der Waals surface area contributed by atoms with E-state index in [1.165, 1.54) is 30.6 Å². The maximum atomic E-state index is 12.6. The van der Waals surface area contributed by atoms with E-state index in [1.807, 2.05) is 29.6 Å². The Kier molecular flexibility index (Phi) is 8.04. The van der Waals surface area contributed by atoms with Gasteiger partial charge in [0.1, 0.15) is 10.7 Å². The van der Waals surface area contributed by atoms with Gasteiger partial charge in [-0.3, -0.25) is 14.3 Å². The van der Waals surface area contributed by atoms with Crippen LogP contribution >= 0.6 is 23.1 Å². The Labute approximate surface area is 219 Å². The van der Waals surface area contributed by atoms with Crippen molar-refractivity contribution in [3.05, 3.63) is 70.4 Å². The first-order valence-electron chi connectivity index (χ1n) is 12.2. The number of pyridine rings is 1. The molecule has 186 valence electrons. The molecule has 0 aliphatic carbocycles. The molecule has 1 saturated heterocycles. The summed E-state index contributed by atoms with van der Waals surface area (Å²) in [4.78, 5) is 23.8. The van der Waals surface area contributed by atoms with E-state index in [9.17, 15) is 4.79 Å². The lowest BCUT2D eigenvalue weighted by atomic mass is 10.1. The SMILES string of the molecule is Cc1ccccc1-n1c(SCc2nc(C(=O)NCCN3CCCCC3)cs2)nnc1-c1cccnc1. The van der Waals surface area contributed by atoms with Gasteiger partial charge in [0, 0.05) is 36.4 Å². The van der Waals surface area contributed by atoms with E-state index in [1.54, 1.807) is 24.2 Å². The Bertz CT molecular complexity index is 1300. The van der Waals surface area contributed by atoms with Crippen LogP contribution in [-0.4, -0.2) is 61.7 Å². The van der Waals surface area contributed by atoms with Gasteiger partial charge < -0.3 is 10.2 Å². The van der Waals surface area contributed by atoms with Crippen molar-refractivity contribution >= 4 is 29.0 Å². The second-order valence-corrected chi connectivity index (χ2v) is 10.6. The molecule has 0 atom stereocenters. The molecule has 1 aliphatic rings. The van der Waals surface area contributed by atoms with Crippen molar-refractivity contribution in [2.24, 2.45) is 0 Å². The van der Waals surface area contributed by atoms with Crippen LogP contribution in [0.25, 0.3) is 17.1 Å². The molecule has 1 fully saturated rings. The van der Waals surface area contributed by atoms with Crippen LogP contribution in [0.5, 0.6) is 0 Å². The number of carbonyl (C=O) groups excluding carboxylic acids is 1. The highest BCUT2D eigenvalue weighted by molar-refractivity contribution is 7.98. The number of para-hydroxylation sites is 1. The van der Waals surface area contributed by atoms with Gasteiger partial charge in [-0.1, -0.05) is 36.4 Å². The number of aromatic nitrogens is 5. The molecule has 0 bridgehead atoms. The number of benzene rings is 1. The second kappa shape index (κ2) is 11.8. The van der Waals surface area contributed by atoms with E-state index in [-0.39, 0.29) is 5.91 Å². The fraction of sp³-hybridized carbons (Fsp3) is 0.346. The molecule has 10 heteroatoms. The van der Waals surface area contributed by atoms with E-state index >= 15 is 0 Å². The van der Waals surface area contributed by atoms with Gasteiger partial charge in [-0.05, 0) is 56.6 Å². The molecule has 0 saturated carbocycles. The summed E-state index contributed by atoms with van der Waals surface area (Å²) >= 11 is 3.06. The van der Waals surface area contributed by atoms with Crippen LogP contribution in [0.3, 0.4) is 0 Å². The minimum Gasteiger partial charge on any atom is -0.349 e. The molecule has 8 nitrogen and oxygen atoms in total. The maximum Gasteiger partial charge on any atom is 0.270 e. The van der Waals surface area contributed by atoms with E-state index in [2.05, 4.69) is 54.0 Å². The molecule has 1 amide bonds. The van der Waals surface area contributed by atoms with Crippen LogP contribution in [0.1, 0.15) is 40.3 Å². The largest absolute Gasteiger partial charge is 0.349 e. The van der Waals surface area contributed by atoms with Gasteiger partial charge in [-0.2, -0.15) is 0 Å². The minimum absolute atomic E-state index is 0.110. The third-order valence-corrected chi connectivity index (χ3v) is 8.15. The Morgan fingerprint density at radius 1 is 1.11 bits per heavy atom. The zero-order chi connectivity index (χ0) is 24.7. The summed E-state index contributed by atoms with van der Waals surface area (Å²) in [5, 5.41) is 15.5. The highest BCUT2D eigenvalue weighted by Gasteiger charge is 2.19. The summed E-state index contributed by atoms with van der Waals surface area (Å²) < 4.78 is 2.07. The number of nitrogens with zero attached hydrogens (tertiary/aromatic N) is 6. The average Bonchev–Trinajstić information content (AvgIpc) is 3.56. The first-order valence-corrected chi connectivity index (χ1v) is 14.0. The lowest BCUT2D eigenvalue weighted by Crippen LogP contribution is -2.37. The molecule has 0 spiro atoms. The molecule has 1 aliphatic heterocycles. The van der Waals surface area contributed by atoms with Gasteiger partial charge in [-0.25, -0.2) is 4.98 Å². The zero-order valence-corrected chi connectivity index (χ0v) is 21.9. The fourth-order valence-electron chi connectivity index (χ4n) is 4.29. The van der Waals surface area contributed by atoms with Gasteiger partial charge in [0.2, 0.25) is 0 Å². The van der Waals surface area contributed by atoms with Crippen LogP contribution in [-0.2, 0) is 5.75 Å². The normalized spacial score (nSPS) is 14.1. The van der Waals surface area contributed by atoms with Crippen molar-refractivity contribution < 1.29 is 4.79 Å². The van der Waals surface area contributed by atoms with E-state index in [0.717, 1.165) is 52.4 Å². The molecule has 36 heavy (non-hydrogen) atoms.